The molecule has 4 aliphatic rings. The highest BCUT2D eigenvalue weighted by atomic mass is 14.5. The Labute approximate surface area is 147 Å². The Morgan fingerprint density at radius 1 is 0.625 bits per heavy atom. The SMILES string of the molecule is C1=CC(C2CC[C@@H]2c2ccccc2[C@H]2CCC2C2CCCC2)C=C1. The van der Waals surface area contributed by atoms with Crippen LogP contribution in [0.1, 0.15) is 74.3 Å². The Hall–Kier alpha value is -1.30. The fourth-order valence-electron chi connectivity index (χ4n) is 6.16. The molecule has 1 aromatic rings. The highest BCUT2D eigenvalue weighted by Crippen LogP contribution is 2.55. The van der Waals surface area contributed by atoms with Crippen LogP contribution in [0.5, 0.6) is 0 Å². The Morgan fingerprint density at radius 2 is 1.21 bits per heavy atom. The number of rotatable bonds is 4. The average Bonchev–Trinajstić information content (AvgIpc) is 3.21. The maximum absolute atomic E-state index is 2.48. The molecular formula is C24H30. The fourth-order valence-corrected chi connectivity index (χ4v) is 6.16. The van der Waals surface area contributed by atoms with Crippen LogP contribution >= 0.6 is 0 Å². The lowest BCUT2D eigenvalue weighted by molar-refractivity contribution is 0.161. The number of hydrogen-bond donors (Lipinski definition) is 0. The van der Waals surface area contributed by atoms with Crippen molar-refractivity contribution in [2.45, 2.75) is 63.2 Å². The van der Waals surface area contributed by atoms with E-state index in [-0.39, 0.29) is 0 Å². The number of benzene rings is 1. The minimum absolute atomic E-state index is 0.698. The highest BCUT2D eigenvalue weighted by Gasteiger charge is 2.42. The molecule has 0 saturated heterocycles. The molecule has 1 aromatic carbocycles. The number of allylic oxidation sites excluding steroid dienone is 4. The zero-order valence-corrected chi connectivity index (χ0v) is 14.7. The molecule has 0 bridgehead atoms. The van der Waals surface area contributed by atoms with E-state index in [0.717, 1.165) is 29.6 Å². The van der Waals surface area contributed by atoms with Gasteiger partial charge >= 0.3 is 0 Å². The van der Waals surface area contributed by atoms with E-state index < -0.39 is 0 Å². The van der Waals surface area contributed by atoms with Crippen molar-refractivity contribution in [2.75, 3.05) is 0 Å². The molecule has 3 fully saturated rings. The van der Waals surface area contributed by atoms with Gasteiger partial charge in [-0.2, -0.15) is 0 Å². The second-order valence-corrected chi connectivity index (χ2v) is 8.72. The molecule has 0 heterocycles. The summed E-state index contributed by atoms with van der Waals surface area (Å²) >= 11 is 0. The topological polar surface area (TPSA) is 0 Å². The van der Waals surface area contributed by atoms with Crippen molar-refractivity contribution < 1.29 is 0 Å². The molecule has 0 aromatic heterocycles. The van der Waals surface area contributed by atoms with Gasteiger partial charge < -0.3 is 0 Å². The zero-order chi connectivity index (χ0) is 15.9. The van der Waals surface area contributed by atoms with Crippen LogP contribution in [0.3, 0.4) is 0 Å². The summed E-state index contributed by atoms with van der Waals surface area (Å²) in [5.74, 6) is 5.27. The second kappa shape index (κ2) is 6.21. The van der Waals surface area contributed by atoms with E-state index in [4.69, 9.17) is 0 Å². The normalized spacial score (nSPS) is 36.0. The molecule has 0 amide bonds. The third kappa shape index (κ3) is 2.41. The van der Waals surface area contributed by atoms with E-state index in [1.54, 1.807) is 11.1 Å². The predicted octanol–water partition coefficient (Wildman–Crippen LogP) is 6.61. The lowest BCUT2D eigenvalue weighted by Gasteiger charge is -2.46. The molecule has 2 unspecified atom stereocenters. The van der Waals surface area contributed by atoms with E-state index in [9.17, 15) is 0 Å². The van der Waals surface area contributed by atoms with Gasteiger partial charge in [0.2, 0.25) is 0 Å². The van der Waals surface area contributed by atoms with E-state index in [1.165, 1.54) is 51.4 Å². The molecule has 0 nitrogen and oxygen atoms in total. The van der Waals surface area contributed by atoms with Crippen LogP contribution in [0.2, 0.25) is 0 Å². The average molecular weight is 319 g/mol. The lowest BCUT2D eigenvalue weighted by Crippen LogP contribution is -2.33. The van der Waals surface area contributed by atoms with Crippen LogP contribution < -0.4 is 0 Å². The fraction of sp³-hybridized carbons (Fsp3) is 0.583. The van der Waals surface area contributed by atoms with Crippen molar-refractivity contribution in [1.82, 2.24) is 0 Å². The Kier molecular flexibility index (Phi) is 3.88. The maximum atomic E-state index is 2.48. The van der Waals surface area contributed by atoms with Gasteiger partial charge in [0.1, 0.15) is 0 Å². The molecular weight excluding hydrogens is 288 g/mol. The summed E-state index contributed by atoms with van der Waals surface area (Å²) in [6.45, 7) is 0. The first kappa shape index (κ1) is 15.0. The molecule has 0 heteroatoms. The molecule has 4 aliphatic carbocycles. The van der Waals surface area contributed by atoms with Crippen molar-refractivity contribution in [3.63, 3.8) is 0 Å². The van der Waals surface area contributed by atoms with Gasteiger partial charge in [0.15, 0.2) is 0 Å². The first-order chi connectivity index (χ1) is 11.9. The summed E-state index contributed by atoms with van der Waals surface area (Å²) in [5, 5.41) is 0. The van der Waals surface area contributed by atoms with Crippen LogP contribution in [0, 0.1) is 23.7 Å². The maximum Gasteiger partial charge on any atom is -0.00131 e. The Morgan fingerprint density at radius 3 is 1.75 bits per heavy atom. The molecule has 126 valence electrons. The van der Waals surface area contributed by atoms with Crippen LogP contribution in [0.4, 0.5) is 0 Å². The molecule has 5 rings (SSSR count). The minimum Gasteiger partial charge on any atom is -0.0773 e. The van der Waals surface area contributed by atoms with Crippen LogP contribution in [-0.4, -0.2) is 0 Å². The minimum atomic E-state index is 0.698. The van der Waals surface area contributed by atoms with Crippen molar-refractivity contribution in [3.05, 3.63) is 59.7 Å². The van der Waals surface area contributed by atoms with Crippen molar-refractivity contribution >= 4 is 0 Å². The van der Waals surface area contributed by atoms with E-state index in [2.05, 4.69) is 48.6 Å². The highest BCUT2D eigenvalue weighted by molar-refractivity contribution is 5.38. The first-order valence-electron chi connectivity index (χ1n) is 10.4. The van der Waals surface area contributed by atoms with Gasteiger partial charge in [-0.1, -0.05) is 74.3 Å². The zero-order valence-electron chi connectivity index (χ0n) is 14.7. The van der Waals surface area contributed by atoms with Gasteiger partial charge in [0.25, 0.3) is 0 Å². The third-order valence-electron chi connectivity index (χ3n) is 7.73. The Balaban J connectivity index is 1.39. The van der Waals surface area contributed by atoms with E-state index in [1.807, 2.05) is 0 Å². The smallest absolute Gasteiger partial charge is 0.00131 e. The van der Waals surface area contributed by atoms with Crippen molar-refractivity contribution in [2.24, 2.45) is 23.7 Å². The summed E-state index contributed by atoms with van der Waals surface area (Å²) in [5.41, 5.74) is 3.46. The summed E-state index contributed by atoms with van der Waals surface area (Å²) in [7, 11) is 0. The van der Waals surface area contributed by atoms with Crippen LogP contribution in [-0.2, 0) is 0 Å². The molecule has 4 atom stereocenters. The summed E-state index contributed by atoms with van der Waals surface area (Å²) < 4.78 is 0. The van der Waals surface area contributed by atoms with Gasteiger partial charge in [-0.15, -0.1) is 0 Å². The number of hydrogen-bond acceptors (Lipinski definition) is 0. The second-order valence-electron chi connectivity index (χ2n) is 8.72. The van der Waals surface area contributed by atoms with E-state index in [0.29, 0.717) is 5.92 Å². The third-order valence-corrected chi connectivity index (χ3v) is 7.73. The Bertz CT molecular complexity index is 634. The summed E-state index contributed by atoms with van der Waals surface area (Å²) in [6.07, 6.45) is 21.1. The van der Waals surface area contributed by atoms with E-state index >= 15 is 0 Å². The lowest BCUT2D eigenvalue weighted by atomic mass is 9.59. The van der Waals surface area contributed by atoms with Crippen LogP contribution in [0.15, 0.2) is 48.6 Å². The monoisotopic (exact) mass is 318 g/mol. The summed E-state index contributed by atoms with van der Waals surface area (Å²) in [4.78, 5) is 0. The van der Waals surface area contributed by atoms with Crippen molar-refractivity contribution in [3.8, 4) is 0 Å². The molecule has 3 saturated carbocycles. The molecule has 0 spiro atoms. The molecule has 0 N–H and O–H groups in total. The van der Waals surface area contributed by atoms with Gasteiger partial charge in [-0.25, -0.2) is 0 Å². The first-order valence-corrected chi connectivity index (χ1v) is 10.4. The molecule has 24 heavy (non-hydrogen) atoms. The standard InChI is InChI=1S/C24H30/c1-2-8-17(7-1)19-13-15-23(19)21-11-5-6-12-22(21)24-16-14-20(24)18-9-3-4-10-18/h1-2,5-8,11-12,17-20,23-24H,3-4,9-10,13-16H2/t19?,20?,23-,24-/m0/s1. The summed E-state index contributed by atoms with van der Waals surface area (Å²) in [6, 6.07) is 9.54. The van der Waals surface area contributed by atoms with Gasteiger partial charge in [-0.05, 0) is 72.3 Å². The molecule has 0 aliphatic heterocycles. The van der Waals surface area contributed by atoms with Crippen molar-refractivity contribution in [1.29, 1.82) is 0 Å². The van der Waals surface area contributed by atoms with Gasteiger partial charge in [0, 0.05) is 0 Å². The largest absolute Gasteiger partial charge is 0.0773 e. The van der Waals surface area contributed by atoms with Gasteiger partial charge in [-0.3, -0.25) is 0 Å². The van der Waals surface area contributed by atoms with Crippen LogP contribution in [0.25, 0.3) is 0 Å². The quantitative estimate of drug-likeness (QED) is 0.586. The molecule has 0 radical (unpaired) electrons. The predicted molar refractivity (Wildman–Crippen MR) is 101 cm³/mol. The van der Waals surface area contributed by atoms with Gasteiger partial charge in [0.05, 0.1) is 0 Å².